The first-order valence-corrected chi connectivity index (χ1v) is 12.1. The SMILES string of the molecule is C=CCOc1ccc(/C=N\NC(=O)CN(c2ccc(OC)c(OC)c2)S(C)(=O)=O)cc1OCC. The van der Waals surface area contributed by atoms with Crippen LogP contribution in [0.25, 0.3) is 0 Å². The predicted octanol–water partition coefficient (Wildman–Crippen LogP) is 2.58. The molecule has 0 bridgehead atoms. The number of amides is 1. The number of methoxy groups -OCH3 is 2. The number of hydrazone groups is 1. The van der Waals surface area contributed by atoms with E-state index in [1.807, 2.05) is 6.92 Å². The molecular weight excluding hydrogens is 462 g/mol. The van der Waals surface area contributed by atoms with Crippen LogP contribution in [0.2, 0.25) is 0 Å². The Hall–Kier alpha value is -3.73. The van der Waals surface area contributed by atoms with E-state index in [0.29, 0.717) is 41.8 Å². The van der Waals surface area contributed by atoms with Gasteiger partial charge in [-0.2, -0.15) is 5.10 Å². The Bertz CT molecular complexity index is 1130. The van der Waals surface area contributed by atoms with Gasteiger partial charge in [0.05, 0.1) is 39.0 Å². The molecule has 184 valence electrons. The standard InChI is InChI=1S/C23H29N3O7S/c1-6-12-33-20-10-8-17(13-22(20)32-7-2)15-24-25-23(27)16-26(34(5,28)29)18-9-11-19(30-3)21(14-18)31-4/h6,8-11,13-15H,1,7,12,16H2,2-5H3,(H,25,27)/b24-15-. The van der Waals surface area contributed by atoms with Crippen LogP contribution >= 0.6 is 0 Å². The van der Waals surface area contributed by atoms with E-state index < -0.39 is 22.5 Å². The molecule has 0 saturated heterocycles. The van der Waals surface area contributed by atoms with Gasteiger partial charge in [0.25, 0.3) is 5.91 Å². The second-order valence-electron chi connectivity index (χ2n) is 6.84. The van der Waals surface area contributed by atoms with Crippen LogP contribution in [0.15, 0.2) is 54.2 Å². The van der Waals surface area contributed by atoms with E-state index in [4.69, 9.17) is 18.9 Å². The van der Waals surface area contributed by atoms with E-state index in [2.05, 4.69) is 17.1 Å². The number of carbonyl (C=O) groups is 1. The third kappa shape index (κ3) is 7.41. The molecule has 1 amide bonds. The Kier molecular flexibility index (Phi) is 9.75. The number of carbonyl (C=O) groups excluding carboxylic acids is 1. The highest BCUT2D eigenvalue weighted by molar-refractivity contribution is 7.92. The molecule has 0 aromatic heterocycles. The van der Waals surface area contributed by atoms with Crippen molar-refractivity contribution in [1.82, 2.24) is 5.43 Å². The van der Waals surface area contributed by atoms with Crippen molar-refractivity contribution in [3.8, 4) is 23.0 Å². The van der Waals surface area contributed by atoms with Crippen molar-refractivity contribution in [2.75, 3.05) is 44.5 Å². The molecule has 2 rings (SSSR count). The van der Waals surface area contributed by atoms with Crippen molar-refractivity contribution < 1.29 is 32.2 Å². The molecule has 2 aromatic carbocycles. The zero-order valence-electron chi connectivity index (χ0n) is 19.6. The molecule has 0 radical (unpaired) electrons. The van der Waals surface area contributed by atoms with E-state index >= 15 is 0 Å². The fraction of sp³-hybridized carbons (Fsp3) is 0.304. The summed E-state index contributed by atoms with van der Waals surface area (Å²) in [5.74, 6) is 1.21. The van der Waals surface area contributed by atoms with Gasteiger partial charge in [-0.05, 0) is 42.8 Å². The maximum atomic E-state index is 12.4. The number of hydrogen-bond donors (Lipinski definition) is 1. The molecule has 10 nitrogen and oxygen atoms in total. The molecule has 0 aliphatic rings. The molecule has 2 aromatic rings. The highest BCUT2D eigenvalue weighted by Crippen LogP contribution is 2.32. The van der Waals surface area contributed by atoms with Crippen molar-refractivity contribution in [1.29, 1.82) is 0 Å². The molecule has 0 spiro atoms. The number of ether oxygens (including phenoxy) is 4. The van der Waals surface area contributed by atoms with Crippen LogP contribution < -0.4 is 28.7 Å². The van der Waals surface area contributed by atoms with Crippen molar-refractivity contribution in [2.24, 2.45) is 5.10 Å². The molecule has 34 heavy (non-hydrogen) atoms. The van der Waals surface area contributed by atoms with Crippen molar-refractivity contribution in [2.45, 2.75) is 6.92 Å². The van der Waals surface area contributed by atoms with Crippen molar-refractivity contribution in [3.05, 3.63) is 54.6 Å². The fourth-order valence-corrected chi connectivity index (χ4v) is 3.71. The molecule has 0 aliphatic heterocycles. The van der Waals surface area contributed by atoms with E-state index in [0.717, 1.165) is 10.6 Å². The minimum Gasteiger partial charge on any atom is -0.493 e. The minimum atomic E-state index is -3.77. The van der Waals surface area contributed by atoms with E-state index in [9.17, 15) is 13.2 Å². The van der Waals surface area contributed by atoms with Crippen LogP contribution in [-0.4, -0.2) is 60.8 Å². The van der Waals surface area contributed by atoms with Crippen LogP contribution in [0.3, 0.4) is 0 Å². The lowest BCUT2D eigenvalue weighted by atomic mass is 10.2. The van der Waals surface area contributed by atoms with Crippen LogP contribution in [0.4, 0.5) is 5.69 Å². The second-order valence-corrected chi connectivity index (χ2v) is 8.75. The van der Waals surface area contributed by atoms with E-state index in [-0.39, 0.29) is 5.69 Å². The largest absolute Gasteiger partial charge is 0.493 e. The lowest BCUT2D eigenvalue weighted by Crippen LogP contribution is -2.39. The first-order chi connectivity index (χ1) is 16.2. The number of sulfonamides is 1. The maximum Gasteiger partial charge on any atom is 0.260 e. The van der Waals surface area contributed by atoms with E-state index in [1.165, 1.54) is 32.6 Å². The number of nitrogens with one attached hydrogen (secondary N) is 1. The van der Waals surface area contributed by atoms with Gasteiger partial charge in [-0.1, -0.05) is 12.7 Å². The van der Waals surface area contributed by atoms with Crippen molar-refractivity contribution in [3.63, 3.8) is 0 Å². The molecule has 0 heterocycles. The summed E-state index contributed by atoms with van der Waals surface area (Å²) in [5, 5.41) is 3.92. The summed E-state index contributed by atoms with van der Waals surface area (Å²) in [4.78, 5) is 12.4. The second kappa shape index (κ2) is 12.5. The normalized spacial score (nSPS) is 11.1. The van der Waals surface area contributed by atoms with Gasteiger partial charge in [0.2, 0.25) is 10.0 Å². The summed E-state index contributed by atoms with van der Waals surface area (Å²) in [6, 6.07) is 9.72. The monoisotopic (exact) mass is 491 g/mol. The highest BCUT2D eigenvalue weighted by Gasteiger charge is 2.22. The van der Waals surface area contributed by atoms with Gasteiger partial charge >= 0.3 is 0 Å². The fourth-order valence-electron chi connectivity index (χ4n) is 2.87. The highest BCUT2D eigenvalue weighted by atomic mass is 32.2. The summed E-state index contributed by atoms with van der Waals surface area (Å²) >= 11 is 0. The van der Waals surface area contributed by atoms with Gasteiger partial charge in [-0.15, -0.1) is 0 Å². The minimum absolute atomic E-state index is 0.246. The summed E-state index contributed by atoms with van der Waals surface area (Å²) in [5.41, 5.74) is 3.23. The summed E-state index contributed by atoms with van der Waals surface area (Å²) in [6.07, 6.45) is 4.05. The molecule has 1 N–H and O–H groups in total. The first-order valence-electron chi connectivity index (χ1n) is 10.3. The van der Waals surface area contributed by atoms with Gasteiger partial charge in [-0.25, -0.2) is 13.8 Å². The van der Waals surface area contributed by atoms with E-state index in [1.54, 1.807) is 30.3 Å². The predicted molar refractivity (Wildman–Crippen MR) is 131 cm³/mol. The maximum absolute atomic E-state index is 12.4. The van der Waals surface area contributed by atoms with Crippen LogP contribution in [0, 0.1) is 0 Å². The number of anilines is 1. The summed E-state index contributed by atoms with van der Waals surface area (Å²) in [6.45, 7) is 5.76. The molecule has 0 atom stereocenters. The summed E-state index contributed by atoms with van der Waals surface area (Å²) < 4.78 is 47.1. The Morgan fingerprint density at radius 2 is 1.76 bits per heavy atom. The zero-order valence-corrected chi connectivity index (χ0v) is 20.4. The quantitative estimate of drug-likeness (QED) is 0.260. The number of rotatable bonds is 13. The van der Waals surface area contributed by atoms with Crippen LogP contribution in [-0.2, 0) is 14.8 Å². The Balaban J connectivity index is 2.13. The Labute approximate surface area is 199 Å². The average molecular weight is 492 g/mol. The van der Waals surface area contributed by atoms with Crippen LogP contribution in [0.5, 0.6) is 23.0 Å². The summed E-state index contributed by atoms with van der Waals surface area (Å²) in [7, 11) is -0.870. The van der Waals surface area contributed by atoms with Gasteiger partial charge in [0, 0.05) is 6.07 Å². The lowest BCUT2D eigenvalue weighted by Gasteiger charge is -2.22. The van der Waals surface area contributed by atoms with Gasteiger partial charge in [0.1, 0.15) is 13.2 Å². The number of hydrogen-bond acceptors (Lipinski definition) is 8. The molecular formula is C23H29N3O7S. The van der Waals surface area contributed by atoms with Crippen molar-refractivity contribution >= 4 is 27.8 Å². The van der Waals surface area contributed by atoms with Gasteiger partial charge < -0.3 is 18.9 Å². The smallest absolute Gasteiger partial charge is 0.260 e. The third-order valence-corrected chi connectivity index (χ3v) is 5.51. The lowest BCUT2D eigenvalue weighted by molar-refractivity contribution is -0.119. The molecule has 0 aliphatic carbocycles. The van der Waals surface area contributed by atoms with Gasteiger partial charge in [0.15, 0.2) is 23.0 Å². The van der Waals surface area contributed by atoms with Gasteiger partial charge in [-0.3, -0.25) is 9.10 Å². The Morgan fingerprint density at radius 1 is 1.06 bits per heavy atom. The molecule has 0 saturated carbocycles. The molecule has 0 unspecified atom stereocenters. The molecule has 0 fully saturated rings. The number of nitrogens with zero attached hydrogens (tertiary/aromatic N) is 2. The average Bonchev–Trinajstić information content (AvgIpc) is 2.81. The van der Waals surface area contributed by atoms with Crippen LogP contribution in [0.1, 0.15) is 12.5 Å². The molecule has 11 heteroatoms. The zero-order chi connectivity index (χ0) is 25.1. The Morgan fingerprint density at radius 3 is 2.38 bits per heavy atom. The topological polar surface area (TPSA) is 116 Å². The first kappa shape index (κ1) is 26.5. The third-order valence-electron chi connectivity index (χ3n) is 4.37. The number of benzene rings is 2.